The van der Waals surface area contributed by atoms with E-state index in [0.29, 0.717) is 48.1 Å². The Hall–Kier alpha value is -3.81. The van der Waals surface area contributed by atoms with Crippen molar-refractivity contribution >= 4 is 22.9 Å². The van der Waals surface area contributed by atoms with Crippen LogP contribution in [0.4, 0.5) is 4.79 Å². The van der Waals surface area contributed by atoms with Gasteiger partial charge in [-0.1, -0.05) is 18.2 Å². The predicted molar refractivity (Wildman–Crippen MR) is 116 cm³/mol. The van der Waals surface area contributed by atoms with Crippen LogP contribution in [0.1, 0.15) is 17.3 Å². The number of nitrogens with zero attached hydrogens (tertiary/aromatic N) is 1. The maximum atomic E-state index is 12.9. The summed E-state index contributed by atoms with van der Waals surface area (Å²) in [5.74, 6) is 1.11. The monoisotopic (exact) mass is 421 g/mol. The van der Waals surface area contributed by atoms with Crippen molar-refractivity contribution < 1.29 is 23.8 Å². The molecule has 4 rings (SSSR count). The molecule has 0 unspecified atom stereocenters. The third-order valence-corrected chi connectivity index (χ3v) is 4.75. The van der Waals surface area contributed by atoms with Gasteiger partial charge in [0.2, 0.25) is 0 Å². The maximum Gasteiger partial charge on any atom is 0.407 e. The zero-order valence-electron chi connectivity index (χ0n) is 17.1. The highest BCUT2D eigenvalue weighted by atomic mass is 16.6. The second kappa shape index (κ2) is 9.34. The van der Waals surface area contributed by atoms with Crippen molar-refractivity contribution in [3.63, 3.8) is 0 Å². The van der Waals surface area contributed by atoms with Gasteiger partial charge in [0.25, 0.3) is 5.91 Å². The van der Waals surface area contributed by atoms with Crippen molar-refractivity contribution in [3.8, 4) is 22.8 Å². The first kappa shape index (κ1) is 20.5. The maximum absolute atomic E-state index is 12.9. The summed E-state index contributed by atoms with van der Waals surface area (Å²) >= 11 is 0. The van der Waals surface area contributed by atoms with E-state index in [1.807, 2.05) is 42.5 Å². The van der Waals surface area contributed by atoms with Crippen LogP contribution in [0.15, 0.2) is 48.5 Å². The van der Waals surface area contributed by atoms with Crippen molar-refractivity contribution in [1.29, 1.82) is 0 Å². The third-order valence-electron chi connectivity index (χ3n) is 4.75. The molecule has 1 aromatic heterocycles. The molecule has 0 spiro atoms. The normalized spacial score (nSPS) is 12.3. The van der Waals surface area contributed by atoms with Gasteiger partial charge in [0.05, 0.1) is 23.4 Å². The Morgan fingerprint density at radius 1 is 1.00 bits per heavy atom. The van der Waals surface area contributed by atoms with Gasteiger partial charge in [-0.2, -0.15) is 0 Å². The van der Waals surface area contributed by atoms with Gasteiger partial charge in [-0.25, -0.2) is 9.78 Å². The summed E-state index contributed by atoms with van der Waals surface area (Å²) in [7, 11) is 0. The van der Waals surface area contributed by atoms with Crippen LogP contribution >= 0.6 is 0 Å². The molecule has 2 amide bonds. The van der Waals surface area contributed by atoms with Crippen LogP contribution in [-0.2, 0) is 4.74 Å². The van der Waals surface area contributed by atoms with Gasteiger partial charge in [-0.3, -0.25) is 4.79 Å². The molecule has 0 saturated carbocycles. The van der Waals surface area contributed by atoms with E-state index in [1.54, 1.807) is 13.0 Å². The van der Waals surface area contributed by atoms with Crippen molar-refractivity contribution in [2.24, 2.45) is 0 Å². The first-order valence-electron chi connectivity index (χ1n) is 10.1. The molecule has 0 atom stereocenters. The average Bonchev–Trinajstić information content (AvgIpc) is 2.81. The second-order valence-corrected chi connectivity index (χ2v) is 6.83. The fourth-order valence-corrected chi connectivity index (χ4v) is 3.33. The number of pyridine rings is 1. The number of aromatic nitrogens is 1. The third kappa shape index (κ3) is 4.69. The lowest BCUT2D eigenvalue weighted by molar-refractivity contribution is 0.0954. The predicted octanol–water partition coefficient (Wildman–Crippen LogP) is 3.15. The lowest BCUT2D eigenvalue weighted by Gasteiger charge is -2.19. The zero-order valence-corrected chi connectivity index (χ0v) is 17.1. The molecule has 0 bridgehead atoms. The topological polar surface area (TPSA) is 98.8 Å². The number of fused-ring (bicyclic) bond motifs is 2. The molecule has 0 fully saturated rings. The van der Waals surface area contributed by atoms with E-state index in [1.165, 1.54) is 0 Å². The van der Waals surface area contributed by atoms with E-state index in [4.69, 9.17) is 19.2 Å². The van der Waals surface area contributed by atoms with Crippen LogP contribution in [0.2, 0.25) is 0 Å². The summed E-state index contributed by atoms with van der Waals surface area (Å²) in [6, 6.07) is 14.9. The number of para-hydroxylation sites is 1. The highest BCUT2D eigenvalue weighted by Crippen LogP contribution is 2.35. The molecule has 0 aliphatic carbocycles. The molecule has 0 radical (unpaired) electrons. The van der Waals surface area contributed by atoms with Gasteiger partial charge in [0, 0.05) is 24.0 Å². The molecule has 2 heterocycles. The number of amides is 2. The van der Waals surface area contributed by atoms with Gasteiger partial charge >= 0.3 is 6.09 Å². The number of ether oxygens (including phenoxy) is 3. The van der Waals surface area contributed by atoms with Crippen LogP contribution < -0.4 is 20.1 Å². The van der Waals surface area contributed by atoms with E-state index in [0.717, 1.165) is 10.9 Å². The Kier molecular flexibility index (Phi) is 6.16. The molecule has 160 valence electrons. The largest absolute Gasteiger partial charge is 0.486 e. The molecule has 8 heteroatoms. The lowest BCUT2D eigenvalue weighted by Crippen LogP contribution is -2.35. The number of benzene rings is 2. The molecule has 31 heavy (non-hydrogen) atoms. The minimum absolute atomic E-state index is 0.247. The number of rotatable bonds is 6. The van der Waals surface area contributed by atoms with Crippen molar-refractivity contribution in [2.45, 2.75) is 6.92 Å². The lowest BCUT2D eigenvalue weighted by atomic mass is 10.0. The number of hydrogen-bond donors (Lipinski definition) is 2. The molecular formula is C23H23N3O5. The van der Waals surface area contributed by atoms with E-state index >= 15 is 0 Å². The summed E-state index contributed by atoms with van der Waals surface area (Å²) < 4.78 is 16.1. The molecular weight excluding hydrogens is 398 g/mol. The fraction of sp³-hybridized carbons (Fsp3) is 0.261. The Labute approximate surface area is 179 Å². The summed E-state index contributed by atoms with van der Waals surface area (Å²) in [5, 5.41) is 6.16. The molecule has 8 nitrogen and oxygen atoms in total. The van der Waals surface area contributed by atoms with E-state index in [-0.39, 0.29) is 19.0 Å². The molecule has 1 aliphatic heterocycles. The summed E-state index contributed by atoms with van der Waals surface area (Å²) in [6.07, 6.45) is -0.507. The number of alkyl carbamates (subject to hydrolysis) is 1. The smallest absolute Gasteiger partial charge is 0.407 e. The highest BCUT2D eigenvalue weighted by molar-refractivity contribution is 6.07. The van der Waals surface area contributed by atoms with Crippen LogP contribution in [0, 0.1) is 0 Å². The minimum Gasteiger partial charge on any atom is -0.486 e. The first-order chi connectivity index (χ1) is 15.2. The SMILES string of the molecule is CCOC(=O)NCCNC(=O)c1cc(-c2ccc3c(c2)OCCO3)nc2ccccc12. The quantitative estimate of drug-likeness (QED) is 0.594. The van der Waals surface area contributed by atoms with Gasteiger partial charge in [-0.05, 0) is 37.3 Å². The Morgan fingerprint density at radius 3 is 2.61 bits per heavy atom. The minimum atomic E-state index is -0.507. The second-order valence-electron chi connectivity index (χ2n) is 6.83. The van der Waals surface area contributed by atoms with E-state index < -0.39 is 6.09 Å². The van der Waals surface area contributed by atoms with Crippen molar-refractivity contribution in [2.75, 3.05) is 32.9 Å². The number of carbonyl (C=O) groups is 2. The van der Waals surface area contributed by atoms with Gasteiger partial charge < -0.3 is 24.8 Å². The summed E-state index contributed by atoms with van der Waals surface area (Å²) in [5.41, 5.74) is 2.70. The van der Waals surface area contributed by atoms with Crippen molar-refractivity contribution in [1.82, 2.24) is 15.6 Å². The van der Waals surface area contributed by atoms with E-state index in [9.17, 15) is 9.59 Å². The van der Waals surface area contributed by atoms with Gasteiger partial charge in [0.15, 0.2) is 11.5 Å². The number of nitrogens with one attached hydrogen (secondary N) is 2. The molecule has 2 aromatic carbocycles. The Bertz CT molecular complexity index is 1120. The molecule has 3 aromatic rings. The van der Waals surface area contributed by atoms with Crippen LogP contribution in [0.3, 0.4) is 0 Å². The summed E-state index contributed by atoms with van der Waals surface area (Å²) in [4.78, 5) is 29.0. The fourth-order valence-electron chi connectivity index (χ4n) is 3.33. The summed E-state index contributed by atoms with van der Waals surface area (Å²) in [6.45, 7) is 3.58. The van der Waals surface area contributed by atoms with Crippen LogP contribution in [-0.4, -0.2) is 49.9 Å². The number of hydrogen-bond acceptors (Lipinski definition) is 6. The van der Waals surface area contributed by atoms with Crippen LogP contribution in [0.25, 0.3) is 22.2 Å². The Morgan fingerprint density at radius 2 is 1.77 bits per heavy atom. The van der Waals surface area contributed by atoms with Crippen LogP contribution in [0.5, 0.6) is 11.5 Å². The molecule has 1 aliphatic rings. The van der Waals surface area contributed by atoms with E-state index in [2.05, 4.69) is 10.6 Å². The first-order valence-corrected chi connectivity index (χ1v) is 10.1. The average molecular weight is 421 g/mol. The molecule has 2 N–H and O–H groups in total. The van der Waals surface area contributed by atoms with Gasteiger partial charge in [-0.15, -0.1) is 0 Å². The van der Waals surface area contributed by atoms with Crippen molar-refractivity contribution in [3.05, 3.63) is 54.1 Å². The van der Waals surface area contributed by atoms with Gasteiger partial charge in [0.1, 0.15) is 13.2 Å². The zero-order chi connectivity index (χ0) is 21.6. The standard InChI is InChI=1S/C23H23N3O5/c1-2-29-23(28)25-10-9-24-22(27)17-14-19(26-18-6-4-3-5-16(17)18)15-7-8-20-21(13-15)31-12-11-30-20/h3-8,13-14H,2,9-12H2,1H3,(H,24,27)(H,25,28). The molecule has 0 saturated heterocycles. The number of carbonyl (C=O) groups excluding carboxylic acids is 2. The Balaban J connectivity index is 1.58. The highest BCUT2D eigenvalue weighted by Gasteiger charge is 2.17.